The van der Waals surface area contributed by atoms with E-state index in [1.165, 1.54) is 6.08 Å². The Morgan fingerprint density at radius 1 is 1.17 bits per heavy atom. The van der Waals surface area contributed by atoms with E-state index >= 15 is 0 Å². The summed E-state index contributed by atoms with van der Waals surface area (Å²) in [5.41, 5.74) is 2.57. The lowest BCUT2D eigenvalue weighted by atomic mass is 9.77. The van der Waals surface area contributed by atoms with E-state index in [-0.39, 0.29) is 23.4 Å². The SMILES string of the molecule is C=CC(=O)CC1CCC(C(=O)C/C=C/C=C\C(=C)CNc2nc(OCCCOCC)nc3c(C(C)C)cnn23)CC1. The van der Waals surface area contributed by atoms with Gasteiger partial charge in [0.15, 0.2) is 11.4 Å². The molecule has 0 unspecified atom stereocenters. The fraction of sp³-hybridized carbons (Fsp3) is 0.531. The van der Waals surface area contributed by atoms with E-state index in [0.717, 1.165) is 43.2 Å². The molecule has 0 saturated heterocycles. The second-order valence-corrected chi connectivity index (χ2v) is 10.8. The van der Waals surface area contributed by atoms with Gasteiger partial charge in [-0.2, -0.15) is 19.6 Å². The number of Topliss-reactive ketones (excluding diaryl/α,β-unsaturated/α-hetero) is 1. The molecule has 0 bridgehead atoms. The van der Waals surface area contributed by atoms with Crippen molar-refractivity contribution >= 4 is 23.2 Å². The molecule has 1 fully saturated rings. The molecule has 1 aliphatic carbocycles. The number of carbonyl (C=O) groups is 2. The summed E-state index contributed by atoms with van der Waals surface area (Å²) >= 11 is 0. The molecule has 222 valence electrons. The quantitative estimate of drug-likeness (QED) is 0.133. The summed E-state index contributed by atoms with van der Waals surface area (Å²) in [5, 5.41) is 7.79. The highest BCUT2D eigenvalue weighted by Gasteiger charge is 2.26. The van der Waals surface area contributed by atoms with Crippen LogP contribution < -0.4 is 10.1 Å². The zero-order valence-corrected chi connectivity index (χ0v) is 24.8. The molecule has 2 aromatic rings. The van der Waals surface area contributed by atoms with Crippen molar-refractivity contribution in [3.05, 3.63) is 60.9 Å². The summed E-state index contributed by atoms with van der Waals surface area (Å²) in [6, 6.07) is 0.298. The van der Waals surface area contributed by atoms with Crippen molar-refractivity contribution in [1.82, 2.24) is 19.6 Å². The molecule has 0 amide bonds. The largest absolute Gasteiger partial charge is 0.463 e. The van der Waals surface area contributed by atoms with Gasteiger partial charge in [0.25, 0.3) is 0 Å². The van der Waals surface area contributed by atoms with Crippen LogP contribution in [0, 0.1) is 11.8 Å². The molecule has 9 nitrogen and oxygen atoms in total. The first-order chi connectivity index (χ1) is 19.8. The van der Waals surface area contributed by atoms with Crippen LogP contribution in [-0.4, -0.2) is 57.5 Å². The van der Waals surface area contributed by atoms with Gasteiger partial charge < -0.3 is 14.8 Å². The third kappa shape index (κ3) is 10.1. The maximum atomic E-state index is 12.6. The maximum absolute atomic E-state index is 12.6. The molecule has 0 spiro atoms. The first-order valence-corrected chi connectivity index (χ1v) is 14.7. The average molecular weight is 564 g/mol. The molecule has 1 saturated carbocycles. The fourth-order valence-corrected chi connectivity index (χ4v) is 4.86. The predicted molar refractivity (Wildman–Crippen MR) is 162 cm³/mol. The van der Waals surface area contributed by atoms with E-state index in [0.29, 0.717) is 62.7 Å². The Balaban J connectivity index is 1.49. The van der Waals surface area contributed by atoms with E-state index < -0.39 is 0 Å². The molecule has 2 heterocycles. The van der Waals surface area contributed by atoms with Crippen molar-refractivity contribution in [2.24, 2.45) is 11.8 Å². The van der Waals surface area contributed by atoms with Gasteiger partial charge in [0.2, 0.25) is 5.95 Å². The summed E-state index contributed by atoms with van der Waals surface area (Å²) in [4.78, 5) is 33.3. The lowest BCUT2D eigenvalue weighted by Crippen LogP contribution is -2.22. The topological polar surface area (TPSA) is 108 Å². The molecular weight excluding hydrogens is 518 g/mol. The molecule has 0 aromatic carbocycles. The van der Waals surface area contributed by atoms with Crippen LogP contribution in [0.1, 0.15) is 77.2 Å². The number of carbonyl (C=O) groups excluding carboxylic acids is 2. The van der Waals surface area contributed by atoms with Crippen molar-refractivity contribution in [2.45, 2.75) is 71.6 Å². The number of allylic oxidation sites excluding steroid dienone is 4. The first-order valence-electron chi connectivity index (χ1n) is 14.7. The molecule has 9 heteroatoms. The van der Waals surface area contributed by atoms with Crippen molar-refractivity contribution in [3.8, 4) is 6.01 Å². The third-order valence-corrected chi connectivity index (χ3v) is 7.26. The van der Waals surface area contributed by atoms with Crippen LogP contribution in [0.5, 0.6) is 6.01 Å². The van der Waals surface area contributed by atoms with Gasteiger partial charge in [0, 0.05) is 50.5 Å². The molecule has 0 atom stereocenters. The third-order valence-electron chi connectivity index (χ3n) is 7.26. The number of nitrogens with one attached hydrogen (secondary N) is 1. The monoisotopic (exact) mass is 563 g/mol. The van der Waals surface area contributed by atoms with E-state index in [4.69, 9.17) is 9.47 Å². The van der Waals surface area contributed by atoms with Gasteiger partial charge in [-0.1, -0.05) is 51.3 Å². The summed E-state index contributed by atoms with van der Waals surface area (Å²) in [6.07, 6.45) is 16.1. The molecule has 3 rings (SSSR count). The Hall–Kier alpha value is -3.59. The highest BCUT2D eigenvalue weighted by atomic mass is 16.5. The Morgan fingerprint density at radius 2 is 1.95 bits per heavy atom. The second-order valence-electron chi connectivity index (χ2n) is 10.8. The lowest BCUT2D eigenvalue weighted by molar-refractivity contribution is -0.123. The lowest BCUT2D eigenvalue weighted by Gasteiger charge is -2.26. The zero-order valence-electron chi connectivity index (χ0n) is 24.8. The van der Waals surface area contributed by atoms with Gasteiger partial charge in [-0.05, 0) is 56.1 Å². The number of rotatable bonds is 18. The number of hydrogen-bond donors (Lipinski definition) is 1. The average Bonchev–Trinajstić information content (AvgIpc) is 3.40. The van der Waals surface area contributed by atoms with Gasteiger partial charge >= 0.3 is 6.01 Å². The van der Waals surface area contributed by atoms with Crippen LogP contribution in [0.15, 0.2) is 55.3 Å². The number of ketones is 2. The highest BCUT2D eigenvalue weighted by molar-refractivity contribution is 5.89. The molecule has 41 heavy (non-hydrogen) atoms. The number of nitrogens with zero attached hydrogens (tertiary/aromatic N) is 4. The zero-order chi connectivity index (χ0) is 29.6. The first kappa shape index (κ1) is 31.9. The fourth-order valence-electron chi connectivity index (χ4n) is 4.86. The van der Waals surface area contributed by atoms with E-state index in [2.05, 4.69) is 47.4 Å². The van der Waals surface area contributed by atoms with Crippen molar-refractivity contribution in [2.75, 3.05) is 31.7 Å². The number of hydrogen-bond acceptors (Lipinski definition) is 8. The van der Waals surface area contributed by atoms with Crippen LogP contribution in [0.2, 0.25) is 0 Å². The minimum atomic E-state index is 0.0969. The molecule has 1 aliphatic rings. The summed E-state index contributed by atoms with van der Waals surface area (Å²) in [7, 11) is 0. The summed E-state index contributed by atoms with van der Waals surface area (Å²) in [6.45, 7) is 16.1. The normalized spacial score (nSPS) is 17.5. The molecule has 0 radical (unpaired) electrons. The molecular formula is C32H45N5O4. The minimum Gasteiger partial charge on any atom is -0.463 e. The Kier molecular flexibility index (Phi) is 12.9. The molecule has 2 aromatic heterocycles. The minimum absolute atomic E-state index is 0.0969. The van der Waals surface area contributed by atoms with Gasteiger partial charge in [0.1, 0.15) is 5.78 Å². The van der Waals surface area contributed by atoms with Crippen LogP contribution in [0.3, 0.4) is 0 Å². The Bertz CT molecular complexity index is 1240. The maximum Gasteiger partial charge on any atom is 0.321 e. The highest BCUT2D eigenvalue weighted by Crippen LogP contribution is 2.32. The van der Waals surface area contributed by atoms with Crippen molar-refractivity contribution in [1.29, 1.82) is 0 Å². The van der Waals surface area contributed by atoms with Gasteiger partial charge in [-0.3, -0.25) is 9.59 Å². The van der Waals surface area contributed by atoms with Gasteiger partial charge in [-0.15, -0.1) is 0 Å². The van der Waals surface area contributed by atoms with Crippen LogP contribution in [-0.2, 0) is 14.3 Å². The van der Waals surface area contributed by atoms with Crippen LogP contribution in [0.25, 0.3) is 5.65 Å². The van der Waals surface area contributed by atoms with Crippen molar-refractivity contribution in [3.63, 3.8) is 0 Å². The Labute approximate surface area is 243 Å². The summed E-state index contributed by atoms with van der Waals surface area (Å²) in [5.74, 6) is 1.63. The van der Waals surface area contributed by atoms with E-state index in [9.17, 15) is 9.59 Å². The van der Waals surface area contributed by atoms with Crippen LogP contribution >= 0.6 is 0 Å². The molecule has 1 N–H and O–H groups in total. The molecule has 0 aliphatic heterocycles. The second kappa shape index (κ2) is 16.6. The smallest absolute Gasteiger partial charge is 0.321 e. The number of fused-ring (bicyclic) bond motifs is 1. The van der Waals surface area contributed by atoms with Gasteiger partial charge in [-0.25, -0.2) is 0 Å². The van der Waals surface area contributed by atoms with Crippen LogP contribution in [0.4, 0.5) is 5.95 Å². The van der Waals surface area contributed by atoms with Crippen molar-refractivity contribution < 1.29 is 19.1 Å². The number of aromatic nitrogens is 4. The van der Waals surface area contributed by atoms with Gasteiger partial charge in [0.05, 0.1) is 12.8 Å². The Morgan fingerprint density at radius 3 is 2.66 bits per heavy atom. The predicted octanol–water partition coefficient (Wildman–Crippen LogP) is 6.04. The standard InChI is InChI=1S/C32H45N5O4/c1-6-27(38)20-25-14-16-26(17-15-25)29(39)13-10-8-9-12-24(5)21-33-31-36-32(41-19-11-18-40-7-2)35-30-28(23(3)4)22-34-37(30)31/h6,8-10,12,22-23,25-26H,1,5,7,11,13-21H2,2-4H3,(H,33,35,36)/b10-8+,12-9-. The number of anilines is 1. The van der Waals surface area contributed by atoms with E-state index in [1.807, 2.05) is 37.4 Å². The van der Waals surface area contributed by atoms with E-state index in [1.54, 1.807) is 4.52 Å². The summed E-state index contributed by atoms with van der Waals surface area (Å²) < 4.78 is 12.9. The number of ether oxygens (including phenoxy) is 2.